The molecule has 1 aliphatic rings. The molecule has 8 nitrogen and oxygen atoms in total. The fraction of sp³-hybridized carbons (Fsp3) is 0.692. The van der Waals surface area contributed by atoms with E-state index in [1.54, 1.807) is 26.8 Å². The Morgan fingerprint density at radius 1 is 1.57 bits per heavy atom. The first-order valence-corrected chi connectivity index (χ1v) is 6.62. The molecule has 0 saturated heterocycles. The van der Waals surface area contributed by atoms with Gasteiger partial charge in [0.25, 0.3) is 0 Å². The number of carbonyl (C=O) groups excluding carboxylic acids is 1. The van der Waals surface area contributed by atoms with Gasteiger partial charge in [-0.15, -0.1) is 0 Å². The number of rotatable bonds is 5. The molecule has 0 aliphatic carbocycles. The summed E-state index contributed by atoms with van der Waals surface area (Å²) in [5, 5.41) is 19.4. The van der Waals surface area contributed by atoms with E-state index in [1.807, 2.05) is 0 Å². The Balaban J connectivity index is 2.79. The molecule has 1 aliphatic heterocycles. The largest absolute Gasteiger partial charge is 0.761 e. The summed E-state index contributed by atoms with van der Waals surface area (Å²) in [7, 11) is 1.54. The molecule has 0 aromatic carbocycles. The second-order valence-corrected chi connectivity index (χ2v) is 5.55. The molecule has 0 bridgehead atoms. The minimum absolute atomic E-state index is 0.206. The highest BCUT2D eigenvalue weighted by atomic mass is 16.8. The van der Waals surface area contributed by atoms with Gasteiger partial charge in [-0.25, -0.2) is 10.0 Å². The standard InChI is InChI=1S/C13H22N3O5/c1-13(2,3)21-12(17)15(7-8-20-4)10-5-6-11(14-9-10)16(18)19/h5,9,11,18H,6-8H2,1-4H3/q-1. The van der Waals surface area contributed by atoms with Crippen LogP contribution in [-0.4, -0.2) is 59.7 Å². The summed E-state index contributed by atoms with van der Waals surface area (Å²) >= 11 is 0. The molecule has 1 unspecified atom stereocenters. The molecule has 1 rings (SSSR count). The van der Waals surface area contributed by atoms with Crippen molar-refractivity contribution in [1.82, 2.24) is 10.1 Å². The molecule has 1 amide bonds. The van der Waals surface area contributed by atoms with Gasteiger partial charge in [0, 0.05) is 19.7 Å². The van der Waals surface area contributed by atoms with E-state index >= 15 is 0 Å². The third kappa shape index (κ3) is 5.80. The van der Waals surface area contributed by atoms with E-state index in [-0.39, 0.29) is 11.6 Å². The molecule has 0 aromatic rings. The molecule has 0 aromatic heterocycles. The van der Waals surface area contributed by atoms with Crippen LogP contribution in [0.25, 0.3) is 0 Å². The zero-order chi connectivity index (χ0) is 16.0. The van der Waals surface area contributed by atoms with Crippen LogP contribution in [0.3, 0.4) is 0 Å². The number of methoxy groups -OCH3 is 1. The van der Waals surface area contributed by atoms with Crippen LogP contribution in [0, 0.1) is 5.21 Å². The zero-order valence-electron chi connectivity index (χ0n) is 12.8. The molecule has 120 valence electrons. The first-order valence-electron chi connectivity index (χ1n) is 6.62. The second-order valence-electron chi connectivity index (χ2n) is 5.55. The average molecular weight is 300 g/mol. The normalized spacial score (nSPS) is 18.6. The Bertz CT molecular complexity index is 415. The molecule has 0 radical (unpaired) electrons. The minimum atomic E-state index is -0.878. The van der Waals surface area contributed by atoms with Gasteiger partial charge in [0.05, 0.1) is 18.8 Å². The number of carbonyl (C=O) groups is 1. The van der Waals surface area contributed by atoms with Gasteiger partial charge in [0.2, 0.25) is 0 Å². The van der Waals surface area contributed by atoms with Crippen LogP contribution in [-0.2, 0) is 9.47 Å². The Kier molecular flexibility index (Phi) is 6.28. The van der Waals surface area contributed by atoms with Crippen molar-refractivity contribution in [2.24, 2.45) is 4.99 Å². The van der Waals surface area contributed by atoms with Crippen molar-refractivity contribution in [2.45, 2.75) is 39.0 Å². The van der Waals surface area contributed by atoms with E-state index in [1.165, 1.54) is 18.2 Å². The number of allylic oxidation sites excluding steroid dienone is 1. The number of hydrogen-bond acceptors (Lipinski definition) is 7. The van der Waals surface area contributed by atoms with Crippen molar-refractivity contribution in [1.29, 1.82) is 0 Å². The van der Waals surface area contributed by atoms with Crippen molar-refractivity contribution in [2.75, 3.05) is 20.3 Å². The van der Waals surface area contributed by atoms with E-state index in [9.17, 15) is 10.0 Å². The lowest BCUT2D eigenvalue weighted by atomic mass is 10.2. The van der Waals surface area contributed by atoms with Crippen LogP contribution >= 0.6 is 0 Å². The maximum absolute atomic E-state index is 12.2. The van der Waals surface area contributed by atoms with Gasteiger partial charge in [-0.05, 0) is 20.8 Å². The number of amides is 1. The molecule has 21 heavy (non-hydrogen) atoms. The molecule has 0 fully saturated rings. The Morgan fingerprint density at radius 2 is 2.24 bits per heavy atom. The van der Waals surface area contributed by atoms with Crippen LogP contribution in [0.2, 0.25) is 0 Å². The van der Waals surface area contributed by atoms with Crippen LogP contribution in [0.15, 0.2) is 16.8 Å². The highest BCUT2D eigenvalue weighted by Gasteiger charge is 2.25. The van der Waals surface area contributed by atoms with Crippen molar-refractivity contribution >= 4 is 12.3 Å². The molecule has 1 heterocycles. The number of hydrogen-bond donors (Lipinski definition) is 1. The number of hydroxylamine groups is 2. The third-order valence-electron chi connectivity index (χ3n) is 2.62. The first-order chi connectivity index (χ1) is 9.74. The van der Waals surface area contributed by atoms with Crippen LogP contribution < -0.4 is 0 Å². The van der Waals surface area contributed by atoms with Gasteiger partial charge in [0.15, 0.2) is 0 Å². The predicted octanol–water partition coefficient (Wildman–Crippen LogP) is 1.74. The van der Waals surface area contributed by atoms with Gasteiger partial charge >= 0.3 is 6.09 Å². The molecule has 1 atom stereocenters. The van der Waals surface area contributed by atoms with E-state index in [0.29, 0.717) is 18.8 Å². The molecular weight excluding hydrogens is 278 g/mol. The van der Waals surface area contributed by atoms with Gasteiger partial charge in [-0.3, -0.25) is 9.89 Å². The molecule has 0 saturated carbocycles. The summed E-state index contributed by atoms with van der Waals surface area (Å²) in [6, 6.07) is 0. The fourth-order valence-electron chi connectivity index (χ4n) is 1.65. The second kappa shape index (κ2) is 7.51. The van der Waals surface area contributed by atoms with Crippen molar-refractivity contribution < 1.29 is 19.5 Å². The highest BCUT2D eigenvalue weighted by Crippen LogP contribution is 2.17. The van der Waals surface area contributed by atoms with Crippen LogP contribution in [0.5, 0.6) is 0 Å². The Labute approximate surface area is 124 Å². The molecule has 1 N–H and O–H groups in total. The third-order valence-corrected chi connectivity index (χ3v) is 2.62. The highest BCUT2D eigenvalue weighted by molar-refractivity contribution is 5.85. The van der Waals surface area contributed by atoms with Crippen LogP contribution in [0.4, 0.5) is 4.79 Å². The monoisotopic (exact) mass is 300 g/mol. The maximum Gasteiger partial charge on any atom is 0.414 e. The lowest BCUT2D eigenvalue weighted by Crippen LogP contribution is -2.39. The minimum Gasteiger partial charge on any atom is -0.761 e. The predicted molar refractivity (Wildman–Crippen MR) is 76.8 cm³/mol. The molecule has 0 spiro atoms. The smallest absolute Gasteiger partial charge is 0.414 e. The quantitative estimate of drug-likeness (QED) is 0.777. The van der Waals surface area contributed by atoms with Gasteiger partial charge < -0.3 is 19.9 Å². The lowest BCUT2D eigenvalue weighted by molar-refractivity contribution is -0.0754. The van der Waals surface area contributed by atoms with Gasteiger partial charge in [-0.1, -0.05) is 6.08 Å². The zero-order valence-corrected chi connectivity index (χ0v) is 12.8. The Morgan fingerprint density at radius 3 is 2.67 bits per heavy atom. The fourth-order valence-corrected chi connectivity index (χ4v) is 1.65. The summed E-state index contributed by atoms with van der Waals surface area (Å²) < 4.78 is 10.3. The SMILES string of the molecule is COCCN(C(=O)OC(C)(C)C)C1=CCC(N([O-])O)N=C1. The summed E-state index contributed by atoms with van der Waals surface area (Å²) in [6.45, 7) is 5.97. The topological polar surface area (TPSA) is 97.7 Å². The summed E-state index contributed by atoms with van der Waals surface area (Å²) in [5.74, 6) is 0. The summed E-state index contributed by atoms with van der Waals surface area (Å²) in [4.78, 5) is 17.5. The average Bonchev–Trinajstić information content (AvgIpc) is 2.37. The van der Waals surface area contributed by atoms with Crippen molar-refractivity contribution in [3.05, 3.63) is 17.0 Å². The number of nitrogens with zero attached hydrogens (tertiary/aromatic N) is 3. The first kappa shape index (κ1) is 17.6. The molecular formula is C13H22N3O5-. The maximum atomic E-state index is 12.2. The van der Waals surface area contributed by atoms with E-state index in [2.05, 4.69) is 4.99 Å². The van der Waals surface area contributed by atoms with Gasteiger partial charge in [0.1, 0.15) is 11.8 Å². The molecule has 8 heteroatoms. The Hall–Kier alpha value is -1.48. The number of dihydropyridines is 1. The van der Waals surface area contributed by atoms with E-state index in [0.717, 1.165) is 0 Å². The van der Waals surface area contributed by atoms with Crippen molar-refractivity contribution in [3.8, 4) is 0 Å². The summed E-state index contributed by atoms with van der Waals surface area (Å²) in [6.07, 6.45) is 1.83. The lowest BCUT2D eigenvalue weighted by Gasteiger charge is -2.32. The number of aliphatic imine (C=N–C) groups is 1. The van der Waals surface area contributed by atoms with Crippen LogP contribution in [0.1, 0.15) is 27.2 Å². The van der Waals surface area contributed by atoms with Crippen molar-refractivity contribution in [3.63, 3.8) is 0 Å². The van der Waals surface area contributed by atoms with E-state index < -0.39 is 17.9 Å². The summed E-state index contributed by atoms with van der Waals surface area (Å²) in [5.41, 5.74) is -0.104. The van der Waals surface area contributed by atoms with E-state index in [4.69, 9.17) is 14.7 Å². The van der Waals surface area contributed by atoms with Gasteiger partial charge in [-0.2, -0.15) is 0 Å². The number of ether oxygens (including phenoxy) is 2.